The molecule has 0 aromatic carbocycles. The summed E-state index contributed by atoms with van der Waals surface area (Å²) in [5.74, 6) is -4.87. The lowest BCUT2D eigenvalue weighted by Crippen LogP contribution is -2.33. The molecule has 0 aliphatic rings. The van der Waals surface area contributed by atoms with Crippen LogP contribution in [0, 0.1) is 6.58 Å². The van der Waals surface area contributed by atoms with E-state index >= 15 is 0 Å². The number of hydrogen-bond acceptors (Lipinski definition) is 0. The van der Waals surface area contributed by atoms with Crippen molar-refractivity contribution in [2.75, 3.05) is 0 Å². The van der Waals surface area contributed by atoms with E-state index in [4.69, 9.17) is 0 Å². The average Bonchev–Trinajstić information content (AvgIpc) is 1.64. The molecule has 53 valence electrons. The van der Waals surface area contributed by atoms with Crippen molar-refractivity contribution in [1.82, 2.24) is 0 Å². The van der Waals surface area contributed by atoms with Crippen molar-refractivity contribution in [1.29, 1.82) is 0 Å². The second kappa shape index (κ2) is 1.97. The third kappa shape index (κ3) is 1.65. The Morgan fingerprint density at radius 1 is 1.00 bits per heavy atom. The molecular formula is C4H2F5. The van der Waals surface area contributed by atoms with Crippen molar-refractivity contribution in [2.24, 2.45) is 0 Å². The van der Waals surface area contributed by atoms with Crippen LogP contribution in [0.1, 0.15) is 0 Å². The third-order valence-corrected chi connectivity index (χ3v) is 0.587. The average molecular weight is 145 g/mol. The van der Waals surface area contributed by atoms with Crippen LogP contribution < -0.4 is 0 Å². The van der Waals surface area contributed by atoms with Crippen molar-refractivity contribution in [3.05, 3.63) is 12.7 Å². The summed E-state index contributed by atoms with van der Waals surface area (Å²) in [5.41, 5.74) is 0. The van der Waals surface area contributed by atoms with Crippen LogP contribution in [0.4, 0.5) is 22.0 Å². The van der Waals surface area contributed by atoms with Gasteiger partial charge >= 0.3 is 12.1 Å². The Morgan fingerprint density at radius 2 is 1.33 bits per heavy atom. The summed E-state index contributed by atoms with van der Waals surface area (Å²) in [6, 6.07) is 0. The van der Waals surface area contributed by atoms with Gasteiger partial charge in [-0.15, -0.1) is 0 Å². The molecule has 0 heterocycles. The Kier molecular flexibility index (Phi) is 1.83. The van der Waals surface area contributed by atoms with Gasteiger partial charge in [0, 0.05) is 0 Å². The molecule has 0 fully saturated rings. The molecule has 0 amide bonds. The fourth-order valence-corrected chi connectivity index (χ4v) is 0.0945. The molecule has 9 heavy (non-hydrogen) atoms. The van der Waals surface area contributed by atoms with Gasteiger partial charge in [0.15, 0.2) is 0 Å². The van der Waals surface area contributed by atoms with Crippen molar-refractivity contribution in [3.63, 3.8) is 0 Å². The standard InChI is InChI=1S/C4H2F5/c1-2-3(5,6)4(7,8)9/h1-2H. The van der Waals surface area contributed by atoms with E-state index in [0.29, 0.717) is 0 Å². The van der Waals surface area contributed by atoms with Crippen LogP contribution in [-0.4, -0.2) is 12.1 Å². The van der Waals surface area contributed by atoms with Crippen LogP contribution in [0.3, 0.4) is 0 Å². The molecule has 0 aliphatic carbocycles. The summed E-state index contributed by atoms with van der Waals surface area (Å²) in [5, 5.41) is 0. The van der Waals surface area contributed by atoms with E-state index in [1.54, 1.807) is 0 Å². The first kappa shape index (κ1) is 8.39. The van der Waals surface area contributed by atoms with Crippen molar-refractivity contribution in [3.8, 4) is 0 Å². The van der Waals surface area contributed by atoms with Gasteiger partial charge in [0.1, 0.15) is 0 Å². The van der Waals surface area contributed by atoms with Crippen LogP contribution in [0.2, 0.25) is 0 Å². The summed E-state index contributed by atoms with van der Waals surface area (Å²) in [7, 11) is 0. The summed E-state index contributed by atoms with van der Waals surface area (Å²) in [4.78, 5) is 0. The first-order chi connectivity index (χ1) is 3.81. The smallest absolute Gasteiger partial charge is 0.191 e. The van der Waals surface area contributed by atoms with Gasteiger partial charge in [0.05, 0.1) is 0 Å². The van der Waals surface area contributed by atoms with Crippen molar-refractivity contribution in [2.45, 2.75) is 12.1 Å². The van der Waals surface area contributed by atoms with Gasteiger partial charge in [-0.2, -0.15) is 22.0 Å². The molecule has 0 unspecified atom stereocenters. The molecule has 5 heteroatoms. The second-order valence-corrected chi connectivity index (χ2v) is 1.29. The van der Waals surface area contributed by atoms with Gasteiger partial charge in [0.2, 0.25) is 0 Å². The molecule has 0 atom stereocenters. The Bertz CT molecular complexity index is 111. The van der Waals surface area contributed by atoms with Crippen LogP contribution in [0.5, 0.6) is 0 Å². The summed E-state index contributed by atoms with van der Waals surface area (Å²) < 4.78 is 55.6. The molecule has 0 nitrogen and oxygen atoms in total. The van der Waals surface area contributed by atoms with Gasteiger partial charge in [-0.1, -0.05) is 6.58 Å². The zero-order valence-corrected chi connectivity index (χ0v) is 4.04. The molecule has 0 aliphatic heterocycles. The number of rotatable bonds is 1. The minimum absolute atomic E-state index is 0.688. The Hall–Kier alpha value is -0.610. The number of hydrogen-bond donors (Lipinski definition) is 0. The van der Waals surface area contributed by atoms with Crippen LogP contribution in [0.25, 0.3) is 0 Å². The largest absolute Gasteiger partial charge is 0.457 e. The maximum Gasteiger partial charge on any atom is 0.457 e. The van der Waals surface area contributed by atoms with E-state index in [1.165, 1.54) is 0 Å². The molecule has 0 bridgehead atoms. The lowest BCUT2D eigenvalue weighted by atomic mass is 10.3. The summed E-state index contributed by atoms with van der Waals surface area (Å²) >= 11 is 0. The Morgan fingerprint density at radius 3 is 1.33 bits per heavy atom. The molecule has 1 radical (unpaired) electrons. The lowest BCUT2D eigenvalue weighted by molar-refractivity contribution is -0.259. The number of allylic oxidation sites excluding steroid dienone is 1. The predicted octanol–water partition coefficient (Wildman–Crippen LogP) is 2.17. The quantitative estimate of drug-likeness (QED) is 0.496. The minimum atomic E-state index is -5.57. The lowest BCUT2D eigenvalue weighted by Gasteiger charge is -2.13. The zero-order chi connectivity index (χ0) is 7.71. The molecule has 0 aromatic rings. The Balaban J connectivity index is 4.32. The van der Waals surface area contributed by atoms with E-state index in [1.807, 2.05) is 0 Å². The fourth-order valence-electron chi connectivity index (χ4n) is 0.0945. The van der Waals surface area contributed by atoms with Gasteiger partial charge in [0.25, 0.3) is 0 Å². The first-order valence-corrected chi connectivity index (χ1v) is 1.82. The number of alkyl halides is 5. The predicted molar refractivity (Wildman–Crippen MR) is 19.9 cm³/mol. The summed E-state index contributed by atoms with van der Waals surface area (Å²) in [6.45, 7) is 4.00. The molecule has 0 aromatic heterocycles. The minimum Gasteiger partial charge on any atom is -0.191 e. The zero-order valence-electron chi connectivity index (χ0n) is 4.04. The Labute approximate surface area is 48.0 Å². The highest BCUT2D eigenvalue weighted by atomic mass is 19.4. The monoisotopic (exact) mass is 145 g/mol. The highest BCUT2D eigenvalue weighted by molar-refractivity contribution is 4.91. The van der Waals surface area contributed by atoms with Gasteiger partial charge in [-0.05, 0) is 6.08 Å². The fraction of sp³-hybridized carbons (Fsp3) is 0.500. The van der Waals surface area contributed by atoms with Gasteiger partial charge in [-0.25, -0.2) is 0 Å². The molecule has 0 spiro atoms. The summed E-state index contributed by atoms with van der Waals surface area (Å²) in [6.07, 6.45) is -6.26. The van der Waals surface area contributed by atoms with E-state index in [9.17, 15) is 22.0 Å². The highest BCUT2D eigenvalue weighted by Gasteiger charge is 2.54. The maximum atomic E-state index is 11.4. The highest BCUT2D eigenvalue weighted by Crippen LogP contribution is 2.35. The van der Waals surface area contributed by atoms with Crippen LogP contribution in [-0.2, 0) is 0 Å². The SMILES string of the molecule is [CH]=CC(F)(F)C(F)(F)F. The van der Waals surface area contributed by atoms with E-state index in [0.717, 1.165) is 0 Å². The molecular weight excluding hydrogens is 143 g/mol. The normalized spacial score (nSPS) is 13.4. The van der Waals surface area contributed by atoms with Crippen molar-refractivity contribution >= 4 is 0 Å². The molecule has 0 saturated heterocycles. The van der Waals surface area contributed by atoms with Crippen molar-refractivity contribution < 1.29 is 22.0 Å². The van der Waals surface area contributed by atoms with Gasteiger partial charge < -0.3 is 0 Å². The number of halogens is 5. The topological polar surface area (TPSA) is 0 Å². The van der Waals surface area contributed by atoms with E-state index in [-0.39, 0.29) is 0 Å². The van der Waals surface area contributed by atoms with E-state index < -0.39 is 18.2 Å². The molecule has 0 rings (SSSR count). The molecule has 0 saturated carbocycles. The molecule has 0 N–H and O–H groups in total. The van der Waals surface area contributed by atoms with Gasteiger partial charge in [-0.3, -0.25) is 0 Å². The first-order valence-electron chi connectivity index (χ1n) is 1.82. The van der Waals surface area contributed by atoms with Crippen LogP contribution >= 0.6 is 0 Å². The van der Waals surface area contributed by atoms with E-state index in [2.05, 4.69) is 6.58 Å². The maximum absolute atomic E-state index is 11.4. The van der Waals surface area contributed by atoms with Crippen LogP contribution in [0.15, 0.2) is 6.08 Å². The second-order valence-electron chi connectivity index (χ2n) is 1.29. The third-order valence-electron chi connectivity index (χ3n) is 0.587.